The van der Waals surface area contributed by atoms with Gasteiger partial charge in [0.1, 0.15) is 13.2 Å². The van der Waals surface area contributed by atoms with Crippen LogP contribution in [0.5, 0.6) is 0 Å². The standard InChI is InChI=1S/C66H108O6/c1-4-7-10-13-16-18-20-22-24-25-26-27-28-29-30-31-32-33-34-35-36-37-38-39-40-41-42-44-45-47-50-53-56-59-65(68)71-62-63(61-70-64(67)58-55-52-49-15-12-9-6-3)72-66(69)60-57-54-51-48-46-43-23-21-19-17-14-11-8-5-2/h7,10,16,18,21-24,26-27,29-30,32-33,35-36,38-39,41-42,63H,4-6,8-9,11-15,17,19-20,25,28,31,34,37,40,43-62H2,1-3H3/b10-7-,18-16-,23-21-,24-22-,27-26-,30-29-,33-32-,36-35-,39-38-,42-41-. The van der Waals surface area contributed by atoms with Crippen LogP contribution < -0.4 is 0 Å². The molecule has 0 radical (unpaired) electrons. The first-order valence-corrected chi connectivity index (χ1v) is 29.5. The molecule has 0 bridgehead atoms. The number of carbonyl (C=O) groups is 3. The van der Waals surface area contributed by atoms with Gasteiger partial charge >= 0.3 is 17.9 Å². The molecule has 0 amide bonds. The Morgan fingerprint density at radius 3 is 0.861 bits per heavy atom. The van der Waals surface area contributed by atoms with Crippen molar-refractivity contribution in [1.29, 1.82) is 0 Å². The summed E-state index contributed by atoms with van der Waals surface area (Å²) < 4.78 is 16.7. The van der Waals surface area contributed by atoms with E-state index in [4.69, 9.17) is 14.2 Å². The Bertz CT molecular complexity index is 1520. The number of ether oxygens (including phenoxy) is 3. The highest BCUT2D eigenvalue weighted by atomic mass is 16.6. The third-order valence-electron chi connectivity index (χ3n) is 12.2. The van der Waals surface area contributed by atoms with Gasteiger partial charge in [-0.05, 0) is 116 Å². The van der Waals surface area contributed by atoms with Crippen molar-refractivity contribution in [3.63, 3.8) is 0 Å². The molecular weight excluding hydrogens is 889 g/mol. The summed E-state index contributed by atoms with van der Waals surface area (Å²) in [6.45, 7) is 6.44. The number of hydrogen-bond donors (Lipinski definition) is 0. The molecule has 6 nitrogen and oxygen atoms in total. The molecule has 0 heterocycles. The average molecular weight is 998 g/mol. The van der Waals surface area contributed by atoms with Gasteiger partial charge in [-0.1, -0.05) is 245 Å². The Labute approximate surface area is 443 Å². The summed E-state index contributed by atoms with van der Waals surface area (Å²) in [6, 6.07) is 0. The second kappa shape index (κ2) is 59.4. The quantitative estimate of drug-likeness (QED) is 0.0261. The number of esters is 3. The predicted molar refractivity (Wildman–Crippen MR) is 311 cm³/mol. The highest BCUT2D eigenvalue weighted by Gasteiger charge is 2.19. The maximum atomic E-state index is 12.8. The van der Waals surface area contributed by atoms with E-state index in [1.54, 1.807) is 0 Å². The SMILES string of the molecule is CC/C=C\C/C=C\C/C=C\C/C=C\C/C=C\C/C=C\C/C=C\C/C=C\C/C=C\CCCCCCCC(=O)OCC(COC(=O)CCCCCCCCC)OC(=O)CCCCCCC/C=C\CCCCCCC. The molecule has 0 saturated carbocycles. The molecule has 1 unspecified atom stereocenters. The number of allylic oxidation sites excluding steroid dienone is 20. The third-order valence-corrected chi connectivity index (χ3v) is 12.2. The van der Waals surface area contributed by atoms with Gasteiger partial charge in [0.25, 0.3) is 0 Å². The van der Waals surface area contributed by atoms with Gasteiger partial charge in [0.15, 0.2) is 6.10 Å². The summed E-state index contributed by atoms with van der Waals surface area (Å²) in [5.74, 6) is -0.926. The topological polar surface area (TPSA) is 78.9 Å². The fourth-order valence-electron chi connectivity index (χ4n) is 7.78. The van der Waals surface area contributed by atoms with Crippen LogP contribution in [0.15, 0.2) is 122 Å². The van der Waals surface area contributed by atoms with Gasteiger partial charge in [0.05, 0.1) is 0 Å². The van der Waals surface area contributed by atoms with Crippen molar-refractivity contribution in [2.75, 3.05) is 13.2 Å². The van der Waals surface area contributed by atoms with E-state index in [1.165, 1.54) is 70.6 Å². The Hall–Kier alpha value is -4.19. The Balaban J connectivity index is 4.19. The monoisotopic (exact) mass is 997 g/mol. The molecule has 408 valence electrons. The van der Waals surface area contributed by atoms with Gasteiger partial charge in [0.2, 0.25) is 0 Å². The lowest BCUT2D eigenvalue weighted by Crippen LogP contribution is -2.30. The van der Waals surface area contributed by atoms with Crippen LogP contribution in [0, 0.1) is 0 Å². The van der Waals surface area contributed by atoms with Gasteiger partial charge in [-0.15, -0.1) is 0 Å². The molecule has 0 spiro atoms. The lowest BCUT2D eigenvalue weighted by Gasteiger charge is -2.18. The molecule has 0 aliphatic rings. The molecular formula is C66H108O6. The first-order chi connectivity index (χ1) is 35.5. The van der Waals surface area contributed by atoms with Crippen molar-refractivity contribution in [2.45, 2.75) is 264 Å². The highest BCUT2D eigenvalue weighted by Crippen LogP contribution is 2.14. The zero-order valence-corrected chi connectivity index (χ0v) is 46.7. The summed E-state index contributed by atoms with van der Waals surface area (Å²) in [5.41, 5.74) is 0. The summed E-state index contributed by atoms with van der Waals surface area (Å²) in [5, 5.41) is 0. The highest BCUT2D eigenvalue weighted by molar-refractivity contribution is 5.71. The van der Waals surface area contributed by atoms with Crippen molar-refractivity contribution in [1.82, 2.24) is 0 Å². The zero-order valence-electron chi connectivity index (χ0n) is 46.7. The van der Waals surface area contributed by atoms with Crippen LogP contribution in [0.2, 0.25) is 0 Å². The fraction of sp³-hybridized carbons (Fsp3) is 0.652. The van der Waals surface area contributed by atoms with E-state index >= 15 is 0 Å². The third kappa shape index (κ3) is 56.7. The Morgan fingerprint density at radius 2 is 0.542 bits per heavy atom. The van der Waals surface area contributed by atoms with Crippen molar-refractivity contribution >= 4 is 17.9 Å². The molecule has 0 fully saturated rings. The van der Waals surface area contributed by atoms with Gasteiger partial charge in [-0.3, -0.25) is 14.4 Å². The Kier molecular flexibility index (Phi) is 55.9. The maximum Gasteiger partial charge on any atom is 0.306 e. The second-order valence-electron chi connectivity index (χ2n) is 19.2. The number of carbonyl (C=O) groups excluding carboxylic acids is 3. The molecule has 0 aromatic carbocycles. The van der Waals surface area contributed by atoms with Crippen LogP contribution in [-0.2, 0) is 28.6 Å². The van der Waals surface area contributed by atoms with Crippen molar-refractivity contribution in [3.8, 4) is 0 Å². The zero-order chi connectivity index (χ0) is 52.2. The second-order valence-corrected chi connectivity index (χ2v) is 19.2. The minimum atomic E-state index is -0.789. The van der Waals surface area contributed by atoms with E-state index in [-0.39, 0.29) is 31.1 Å². The van der Waals surface area contributed by atoms with Crippen LogP contribution in [0.1, 0.15) is 258 Å². The van der Waals surface area contributed by atoms with Gasteiger partial charge in [-0.2, -0.15) is 0 Å². The summed E-state index contributed by atoms with van der Waals surface area (Å²) in [7, 11) is 0. The molecule has 0 N–H and O–H groups in total. The number of hydrogen-bond acceptors (Lipinski definition) is 6. The van der Waals surface area contributed by atoms with Crippen LogP contribution in [0.25, 0.3) is 0 Å². The van der Waals surface area contributed by atoms with Gasteiger partial charge < -0.3 is 14.2 Å². The normalized spacial score (nSPS) is 13.0. The summed E-state index contributed by atoms with van der Waals surface area (Å²) >= 11 is 0. The van der Waals surface area contributed by atoms with E-state index in [0.29, 0.717) is 19.3 Å². The molecule has 0 aliphatic carbocycles. The predicted octanol–water partition coefficient (Wildman–Crippen LogP) is 20.0. The minimum absolute atomic E-state index is 0.0883. The van der Waals surface area contributed by atoms with Crippen LogP contribution in [-0.4, -0.2) is 37.2 Å². The molecule has 72 heavy (non-hydrogen) atoms. The number of rotatable bonds is 52. The largest absolute Gasteiger partial charge is 0.462 e. The minimum Gasteiger partial charge on any atom is -0.462 e. The number of unbranched alkanes of at least 4 members (excludes halogenated alkanes) is 21. The average Bonchev–Trinajstić information content (AvgIpc) is 3.38. The van der Waals surface area contributed by atoms with Gasteiger partial charge in [0, 0.05) is 19.3 Å². The van der Waals surface area contributed by atoms with Crippen LogP contribution in [0.3, 0.4) is 0 Å². The molecule has 0 rings (SSSR count). The maximum absolute atomic E-state index is 12.8. The molecule has 0 aromatic heterocycles. The lowest BCUT2D eigenvalue weighted by atomic mass is 10.1. The van der Waals surface area contributed by atoms with E-state index in [1.807, 2.05) is 0 Å². The van der Waals surface area contributed by atoms with E-state index < -0.39 is 6.10 Å². The summed E-state index contributed by atoms with van der Waals surface area (Å²) in [4.78, 5) is 37.9. The smallest absolute Gasteiger partial charge is 0.306 e. The molecule has 0 aromatic rings. The lowest BCUT2D eigenvalue weighted by molar-refractivity contribution is -0.167. The van der Waals surface area contributed by atoms with E-state index in [0.717, 1.165) is 148 Å². The van der Waals surface area contributed by atoms with Crippen molar-refractivity contribution in [3.05, 3.63) is 122 Å². The first kappa shape index (κ1) is 67.8. The van der Waals surface area contributed by atoms with Crippen molar-refractivity contribution in [2.24, 2.45) is 0 Å². The van der Waals surface area contributed by atoms with Crippen molar-refractivity contribution < 1.29 is 28.6 Å². The van der Waals surface area contributed by atoms with Crippen LogP contribution in [0.4, 0.5) is 0 Å². The summed E-state index contributed by atoms with van der Waals surface area (Å²) in [6.07, 6.45) is 82.2. The molecule has 6 heteroatoms. The fourth-order valence-corrected chi connectivity index (χ4v) is 7.78. The molecule has 0 saturated heterocycles. The Morgan fingerprint density at radius 1 is 0.292 bits per heavy atom. The van der Waals surface area contributed by atoms with Crippen LogP contribution >= 0.6 is 0 Å². The first-order valence-electron chi connectivity index (χ1n) is 29.5. The van der Waals surface area contributed by atoms with E-state index in [9.17, 15) is 14.4 Å². The molecule has 0 aliphatic heterocycles. The van der Waals surface area contributed by atoms with E-state index in [2.05, 4.69) is 142 Å². The molecule has 1 atom stereocenters. The van der Waals surface area contributed by atoms with Gasteiger partial charge in [-0.25, -0.2) is 0 Å².